The van der Waals surface area contributed by atoms with Gasteiger partial charge in [-0.1, -0.05) is 23.7 Å². The number of nitrogens with zero attached hydrogens (tertiary/aromatic N) is 1. The maximum absolute atomic E-state index is 12.9. The molecule has 1 fully saturated rings. The largest absolute Gasteiger partial charge is 0.495 e. The van der Waals surface area contributed by atoms with Gasteiger partial charge in [-0.15, -0.1) is 0 Å². The summed E-state index contributed by atoms with van der Waals surface area (Å²) in [5.41, 5.74) is 0.572. The van der Waals surface area contributed by atoms with Crippen LogP contribution >= 0.6 is 11.6 Å². The van der Waals surface area contributed by atoms with E-state index in [1.807, 2.05) is 6.07 Å². The van der Waals surface area contributed by atoms with Gasteiger partial charge in [0.2, 0.25) is 15.9 Å². The lowest BCUT2D eigenvalue weighted by Gasteiger charge is -2.31. The van der Waals surface area contributed by atoms with Gasteiger partial charge < -0.3 is 10.1 Å². The molecule has 1 amide bonds. The van der Waals surface area contributed by atoms with Crippen LogP contribution < -0.4 is 10.1 Å². The summed E-state index contributed by atoms with van der Waals surface area (Å²) in [7, 11) is -2.13. The Hall–Kier alpha value is -2.09. The highest BCUT2D eigenvalue weighted by atomic mass is 35.5. The molecule has 0 spiro atoms. The molecule has 0 aliphatic carbocycles. The highest BCUT2D eigenvalue weighted by Crippen LogP contribution is 2.28. The molecule has 6 nitrogen and oxygen atoms in total. The lowest BCUT2D eigenvalue weighted by Crippen LogP contribution is -2.43. The highest BCUT2D eigenvalue weighted by molar-refractivity contribution is 7.89. The van der Waals surface area contributed by atoms with E-state index in [-0.39, 0.29) is 17.3 Å². The first-order valence-corrected chi connectivity index (χ1v) is 10.4. The molecule has 1 aliphatic heterocycles. The minimum absolute atomic E-state index is 0.145. The summed E-state index contributed by atoms with van der Waals surface area (Å²) in [6.07, 6.45) is 1.25. The van der Waals surface area contributed by atoms with Crippen molar-refractivity contribution in [2.75, 3.05) is 25.5 Å². The number of methoxy groups -OCH3 is 1. The zero-order valence-corrected chi connectivity index (χ0v) is 16.5. The molecule has 144 valence electrons. The molecule has 0 saturated carbocycles. The van der Waals surface area contributed by atoms with Crippen molar-refractivity contribution in [2.45, 2.75) is 17.7 Å². The van der Waals surface area contributed by atoms with Crippen molar-refractivity contribution in [3.63, 3.8) is 0 Å². The van der Waals surface area contributed by atoms with E-state index in [1.165, 1.54) is 23.5 Å². The molecule has 1 saturated heterocycles. The summed E-state index contributed by atoms with van der Waals surface area (Å²) in [6.45, 7) is 0.537. The van der Waals surface area contributed by atoms with Gasteiger partial charge in [0.1, 0.15) is 5.75 Å². The van der Waals surface area contributed by atoms with Crippen molar-refractivity contribution >= 4 is 33.2 Å². The fraction of sp³-hybridized carbons (Fsp3) is 0.316. The Kier molecular flexibility index (Phi) is 6.04. The second kappa shape index (κ2) is 8.29. The number of sulfonamides is 1. The summed E-state index contributed by atoms with van der Waals surface area (Å²) in [6, 6.07) is 13.2. The van der Waals surface area contributed by atoms with Crippen molar-refractivity contribution < 1.29 is 17.9 Å². The fourth-order valence-corrected chi connectivity index (χ4v) is 4.76. The lowest BCUT2D eigenvalue weighted by atomic mass is 9.98. The number of amides is 1. The predicted molar refractivity (Wildman–Crippen MR) is 105 cm³/mol. The Labute approximate surface area is 164 Å². The average molecular weight is 409 g/mol. The molecule has 27 heavy (non-hydrogen) atoms. The third-order valence-corrected chi connectivity index (χ3v) is 6.70. The number of benzene rings is 2. The van der Waals surface area contributed by atoms with Gasteiger partial charge in [-0.3, -0.25) is 4.79 Å². The van der Waals surface area contributed by atoms with Crippen LogP contribution in [0.3, 0.4) is 0 Å². The Morgan fingerprint density at radius 1 is 1.19 bits per heavy atom. The Bertz CT molecular complexity index is 916. The average Bonchev–Trinajstić information content (AvgIpc) is 2.69. The van der Waals surface area contributed by atoms with E-state index in [2.05, 4.69) is 5.32 Å². The van der Waals surface area contributed by atoms with Gasteiger partial charge in [0, 0.05) is 18.1 Å². The van der Waals surface area contributed by atoms with Crippen LogP contribution in [0.15, 0.2) is 53.4 Å². The number of halogens is 1. The van der Waals surface area contributed by atoms with Crippen LogP contribution in [0.1, 0.15) is 12.8 Å². The summed E-state index contributed by atoms with van der Waals surface area (Å²) in [5.74, 6) is -0.0754. The Morgan fingerprint density at radius 2 is 1.89 bits per heavy atom. The number of ether oxygens (including phenoxy) is 1. The quantitative estimate of drug-likeness (QED) is 0.822. The van der Waals surface area contributed by atoms with Gasteiger partial charge in [0.05, 0.1) is 23.6 Å². The summed E-state index contributed by atoms with van der Waals surface area (Å²) >= 11 is 5.84. The van der Waals surface area contributed by atoms with Gasteiger partial charge in [-0.2, -0.15) is 4.31 Å². The molecule has 2 aromatic rings. The van der Waals surface area contributed by atoms with Crippen molar-refractivity contribution in [2.24, 2.45) is 5.92 Å². The van der Waals surface area contributed by atoms with E-state index in [0.717, 1.165) is 0 Å². The van der Waals surface area contributed by atoms with Crippen LogP contribution in [-0.2, 0) is 14.8 Å². The topological polar surface area (TPSA) is 75.7 Å². The van der Waals surface area contributed by atoms with Crippen molar-refractivity contribution in [3.05, 3.63) is 53.6 Å². The normalized spacial score (nSPS) is 18.1. The van der Waals surface area contributed by atoms with Crippen LogP contribution in [0.25, 0.3) is 0 Å². The van der Waals surface area contributed by atoms with Gasteiger partial charge in [0.15, 0.2) is 0 Å². The van der Waals surface area contributed by atoms with E-state index < -0.39 is 15.9 Å². The number of rotatable bonds is 5. The standard InChI is InChI=1S/C19H21ClN2O4S/c1-26-18-7-3-2-6-17(18)21-19(23)14-5-4-12-22(13-14)27(24,25)16-10-8-15(20)9-11-16/h2-3,6-11,14H,4-5,12-13H2,1H3,(H,21,23)/t14-/m1/s1. The minimum atomic E-state index is -3.66. The third-order valence-electron chi connectivity index (χ3n) is 4.57. The molecule has 1 aliphatic rings. The molecule has 0 bridgehead atoms. The first-order chi connectivity index (χ1) is 12.9. The minimum Gasteiger partial charge on any atom is -0.495 e. The summed E-state index contributed by atoms with van der Waals surface area (Å²) in [4.78, 5) is 12.9. The van der Waals surface area contributed by atoms with Gasteiger partial charge in [-0.25, -0.2) is 8.42 Å². The van der Waals surface area contributed by atoms with E-state index in [9.17, 15) is 13.2 Å². The molecule has 1 heterocycles. The maximum atomic E-state index is 12.9. The van der Waals surface area contributed by atoms with E-state index in [1.54, 1.807) is 30.3 Å². The maximum Gasteiger partial charge on any atom is 0.243 e. The van der Waals surface area contributed by atoms with Gasteiger partial charge in [-0.05, 0) is 49.2 Å². The third kappa shape index (κ3) is 4.43. The second-order valence-corrected chi connectivity index (χ2v) is 8.72. The van der Waals surface area contributed by atoms with Crippen LogP contribution in [-0.4, -0.2) is 38.8 Å². The molecule has 1 N–H and O–H groups in total. The monoisotopic (exact) mass is 408 g/mol. The predicted octanol–water partition coefficient (Wildman–Crippen LogP) is 3.39. The zero-order chi connectivity index (χ0) is 19.4. The number of hydrogen-bond acceptors (Lipinski definition) is 4. The lowest BCUT2D eigenvalue weighted by molar-refractivity contribution is -0.120. The molecule has 8 heteroatoms. The summed E-state index contributed by atoms with van der Waals surface area (Å²) < 4.78 is 32.3. The molecule has 0 aromatic heterocycles. The first kappa shape index (κ1) is 19.7. The molecule has 2 aromatic carbocycles. The molecule has 0 unspecified atom stereocenters. The first-order valence-electron chi connectivity index (χ1n) is 8.61. The smallest absolute Gasteiger partial charge is 0.243 e. The number of piperidine rings is 1. The fourth-order valence-electron chi connectivity index (χ4n) is 3.11. The van der Waals surface area contributed by atoms with Crippen molar-refractivity contribution in [1.82, 2.24) is 4.31 Å². The molecular weight excluding hydrogens is 388 g/mol. The van der Waals surface area contributed by atoms with Crippen molar-refractivity contribution in [1.29, 1.82) is 0 Å². The van der Waals surface area contributed by atoms with Crippen LogP contribution in [0.5, 0.6) is 5.75 Å². The molecule has 1 atom stereocenters. The number of carbonyl (C=O) groups is 1. The molecule has 0 radical (unpaired) electrons. The highest BCUT2D eigenvalue weighted by Gasteiger charge is 2.33. The Balaban J connectivity index is 1.73. The summed E-state index contributed by atoms with van der Waals surface area (Å²) in [5, 5.41) is 3.32. The SMILES string of the molecule is COc1ccccc1NC(=O)[C@@H]1CCCN(S(=O)(=O)c2ccc(Cl)cc2)C1. The van der Waals surface area contributed by atoms with Crippen LogP contribution in [0.4, 0.5) is 5.69 Å². The number of anilines is 1. The van der Waals surface area contributed by atoms with Gasteiger partial charge >= 0.3 is 0 Å². The van der Waals surface area contributed by atoms with E-state index >= 15 is 0 Å². The second-order valence-electron chi connectivity index (χ2n) is 6.35. The number of carbonyl (C=O) groups excluding carboxylic acids is 1. The molecular formula is C19H21ClN2O4S. The van der Waals surface area contributed by atoms with Crippen LogP contribution in [0.2, 0.25) is 5.02 Å². The van der Waals surface area contributed by atoms with Gasteiger partial charge in [0.25, 0.3) is 0 Å². The zero-order valence-electron chi connectivity index (χ0n) is 14.9. The van der Waals surface area contributed by atoms with E-state index in [4.69, 9.17) is 16.3 Å². The Morgan fingerprint density at radius 3 is 2.59 bits per heavy atom. The number of hydrogen-bond donors (Lipinski definition) is 1. The number of para-hydroxylation sites is 2. The molecule has 3 rings (SSSR count). The van der Waals surface area contributed by atoms with Crippen molar-refractivity contribution in [3.8, 4) is 5.75 Å². The number of nitrogens with one attached hydrogen (secondary N) is 1. The van der Waals surface area contributed by atoms with Crippen LogP contribution in [0, 0.1) is 5.92 Å². The van der Waals surface area contributed by atoms with E-state index in [0.29, 0.717) is 35.8 Å².